The van der Waals surface area contributed by atoms with E-state index < -0.39 is 27.3 Å². The lowest BCUT2D eigenvalue weighted by Gasteiger charge is -2.35. The van der Waals surface area contributed by atoms with Crippen molar-refractivity contribution in [1.29, 1.82) is 0 Å². The Balaban J connectivity index is 1.62. The maximum atomic E-state index is 14.0. The molecule has 1 amide bonds. The molecular formula is C35H43N5O6S. The van der Waals surface area contributed by atoms with Gasteiger partial charge in [-0.05, 0) is 73.2 Å². The number of aromatic nitrogens is 3. The fourth-order valence-electron chi connectivity index (χ4n) is 6.33. The van der Waals surface area contributed by atoms with Crippen molar-refractivity contribution in [2.75, 3.05) is 20.2 Å². The van der Waals surface area contributed by atoms with Gasteiger partial charge in [0.05, 0.1) is 24.6 Å². The number of ether oxygens (including phenoxy) is 2. The van der Waals surface area contributed by atoms with Gasteiger partial charge in [0.25, 0.3) is 0 Å². The average Bonchev–Trinajstić information content (AvgIpc) is 3.44. The van der Waals surface area contributed by atoms with E-state index in [1.165, 1.54) is 11.4 Å². The molecule has 5 rings (SSSR count). The molecule has 250 valence electrons. The van der Waals surface area contributed by atoms with Gasteiger partial charge < -0.3 is 14.8 Å². The van der Waals surface area contributed by atoms with Crippen LogP contribution >= 0.6 is 0 Å². The molecule has 1 aliphatic rings. The Hall–Kier alpha value is -4.29. The predicted molar refractivity (Wildman–Crippen MR) is 179 cm³/mol. The number of carbonyl (C=O) groups is 2. The molecule has 0 saturated heterocycles. The molecule has 2 heterocycles. The third kappa shape index (κ3) is 6.48. The number of hydrogen-bond acceptors (Lipinski definition) is 8. The van der Waals surface area contributed by atoms with Crippen LogP contribution in [0, 0.1) is 19.3 Å². The third-order valence-corrected chi connectivity index (χ3v) is 11.0. The van der Waals surface area contributed by atoms with E-state index in [9.17, 15) is 18.0 Å². The van der Waals surface area contributed by atoms with Crippen molar-refractivity contribution >= 4 is 32.9 Å². The molecule has 1 aliphatic heterocycles. The second-order valence-electron chi connectivity index (χ2n) is 12.5. The molecule has 1 aromatic heterocycles. The number of carbonyl (C=O) groups excluding carboxylic acids is 2. The topological polar surface area (TPSA) is 133 Å². The second kappa shape index (κ2) is 13.4. The van der Waals surface area contributed by atoms with E-state index in [1.54, 1.807) is 24.3 Å². The summed E-state index contributed by atoms with van der Waals surface area (Å²) >= 11 is 0. The first-order valence-corrected chi connectivity index (χ1v) is 17.3. The summed E-state index contributed by atoms with van der Waals surface area (Å²) in [6, 6.07) is 16.7. The zero-order chi connectivity index (χ0) is 34.1. The van der Waals surface area contributed by atoms with Crippen LogP contribution in [0.2, 0.25) is 0 Å². The number of methoxy groups -OCH3 is 1. The average molecular weight is 662 g/mol. The number of sulfonamides is 1. The highest BCUT2D eigenvalue weighted by molar-refractivity contribution is 7.89. The minimum atomic E-state index is -3.87. The van der Waals surface area contributed by atoms with E-state index in [1.807, 2.05) is 76.6 Å². The molecule has 2 atom stereocenters. The fraction of sp³-hybridized carbons (Fsp3) is 0.429. The SMILES string of the molecule is CC[C@@H]1CN(Cc2cc([C@@H](c3ccc4c(nnn4CC)c3C)C(C)(C)C(=O)NCC(=O)OC)ccc2C)S(=O)(=O)c2ccccc2O1. The standard InChI is InChI=1S/C35H43N5O6S/c1-8-26-21-39(47(43,44)30-13-11-10-12-29(30)46-26)20-25-18-24(15-14-22(25)3)32(35(5,6)34(42)36-19-31(41)45-7)27-16-17-28-33(23(27)4)37-38-40(28)9-2/h10-18,26,32H,8-9,19-21H2,1-7H3,(H,36,42)/t26-,32+/m1/s1. The largest absolute Gasteiger partial charge is 0.488 e. The lowest BCUT2D eigenvalue weighted by atomic mass is 9.69. The third-order valence-electron chi connectivity index (χ3n) is 9.20. The van der Waals surface area contributed by atoms with Crippen molar-refractivity contribution < 1.29 is 27.5 Å². The summed E-state index contributed by atoms with van der Waals surface area (Å²) in [6.07, 6.45) is 0.328. The quantitative estimate of drug-likeness (QED) is 0.238. The molecule has 0 radical (unpaired) electrons. The lowest BCUT2D eigenvalue weighted by molar-refractivity contribution is -0.142. The smallest absolute Gasteiger partial charge is 0.325 e. The predicted octanol–water partition coefficient (Wildman–Crippen LogP) is 4.88. The van der Waals surface area contributed by atoms with Crippen LogP contribution in [0.15, 0.2) is 59.5 Å². The van der Waals surface area contributed by atoms with Gasteiger partial charge in [0.15, 0.2) is 0 Å². The molecule has 0 unspecified atom stereocenters. The molecule has 1 N–H and O–H groups in total. The van der Waals surface area contributed by atoms with Crippen LogP contribution in [0.1, 0.15) is 67.9 Å². The van der Waals surface area contributed by atoms with Gasteiger partial charge in [-0.1, -0.05) is 62.4 Å². The van der Waals surface area contributed by atoms with Gasteiger partial charge in [0.2, 0.25) is 15.9 Å². The van der Waals surface area contributed by atoms with Gasteiger partial charge in [-0.3, -0.25) is 9.59 Å². The summed E-state index contributed by atoms with van der Waals surface area (Å²) in [6.45, 7) is 12.3. The van der Waals surface area contributed by atoms with Crippen LogP contribution in [0.3, 0.4) is 0 Å². The van der Waals surface area contributed by atoms with Crippen LogP contribution in [0.5, 0.6) is 5.75 Å². The van der Waals surface area contributed by atoms with E-state index >= 15 is 0 Å². The monoisotopic (exact) mass is 661 g/mol. The number of rotatable bonds is 10. The molecule has 47 heavy (non-hydrogen) atoms. The van der Waals surface area contributed by atoms with Crippen LogP contribution in [-0.2, 0) is 37.4 Å². The Morgan fingerprint density at radius 1 is 1.11 bits per heavy atom. The number of fused-ring (bicyclic) bond motifs is 2. The van der Waals surface area contributed by atoms with Crippen molar-refractivity contribution in [3.05, 3.63) is 82.4 Å². The summed E-state index contributed by atoms with van der Waals surface area (Å²) < 4.78 is 42.2. The Morgan fingerprint density at radius 3 is 2.55 bits per heavy atom. The van der Waals surface area contributed by atoms with Gasteiger partial charge in [-0.25, -0.2) is 13.1 Å². The molecule has 3 aromatic carbocycles. The number of para-hydroxylation sites is 1. The molecule has 0 saturated carbocycles. The molecular weight excluding hydrogens is 618 g/mol. The molecule has 4 aromatic rings. The highest BCUT2D eigenvalue weighted by atomic mass is 32.2. The van der Waals surface area contributed by atoms with E-state index in [-0.39, 0.29) is 36.5 Å². The molecule has 0 fully saturated rings. The van der Waals surface area contributed by atoms with Crippen molar-refractivity contribution in [2.45, 2.75) is 78.0 Å². The maximum absolute atomic E-state index is 14.0. The van der Waals surface area contributed by atoms with Crippen LogP contribution in [-0.4, -0.2) is 65.9 Å². The summed E-state index contributed by atoms with van der Waals surface area (Å²) in [4.78, 5) is 25.9. The first-order chi connectivity index (χ1) is 22.3. The summed E-state index contributed by atoms with van der Waals surface area (Å²) in [5, 5.41) is 11.5. The molecule has 0 bridgehead atoms. The first-order valence-electron chi connectivity index (χ1n) is 15.9. The van der Waals surface area contributed by atoms with Crippen molar-refractivity contribution in [3.63, 3.8) is 0 Å². The zero-order valence-electron chi connectivity index (χ0n) is 28.0. The molecule has 0 aliphatic carbocycles. The summed E-state index contributed by atoms with van der Waals surface area (Å²) in [5.74, 6) is -1.02. The Bertz CT molecular complexity index is 1920. The van der Waals surface area contributed by atoms with Gasteiger partial charge in [0.1, 0.15) is 28.8 Å². The van der Waals surface area contributed by atoms with Crippen molar-refractivity contribution in [1.82, 2.24) is 24.6 Å². The van der Waals surface area contributed by atoms with E-state index in [2.05, 4.69) is 15.6 Å². The Labute approximate surface area is 276 Å². The second-order valence-corrected chi connectivity index (χ2v) is 14.5. The van der Waals surface area contributed by atoms with Gasteiger partial charge in [-0.15, -0.1) is 5.10 Å². The summed E-state index contributed by atoms with van der Waals surface area (Å²) in [5.41, 5.74) is 4.89. The fourth-order valence-corrected chi connectivity index (χ4v) is 7.90. The van der Waals surface area contributed by atoms with Gasteiger partial charge in [0, 0.05) is 19.0 Å². The number of amides is 1. The Morgan fingerprint density at radius 2 is 1.85 bits per heavy atom. The lowest BCUT2D eigenvalue weighted by Crippen LogP contribution is -2.43. The number of hydrogen-bond donors (Lipinski definition) is 1. The minimum Gasteiger partial charge on any atom is -0.488 e. The van der Waals surface area contributed by atoms with E-state index in [0.717, 1.165) is 38.9 Å². The Kier molecular flexibility index (Phi) is 9.74. The van der Waals surface area contributed by atoms with Gasteiger partial charge in [-0.2, -0.15) is 4.31 Å². The van der Waals surface area contributed by atoms with Gasteiger partial charge >= 0.3 is 5.97 Å². The normalized spacial score (nSPS) is 17.0. The molecule has 0 spiro atoms. The van der Waals surface area contributed by atoms with Crippen LogP contribution < -0.4 is 10.1 Å². The van der Waals surface area contributed by atoms with E-state index in [4.69, 9.17) is 9.47 Å². The number of aryl methyl sites for hydroxylation is 3. The van der Waals surface area contributed by atoms with Crippen molar-refractivity contribution in [3.8, 4) is 5.75 Å². The number of nitrogens with zero attached hydrogens (tertiary/aromatic N) is 4. The maximum Gasteiger partial charge on any atom is 0.325 e. The van der Waals surface area contributed by atoms with Crippen LogP contribution in [0.4, 0.5) is 0 Å². The summed E-state index contributed by atoms with van der Waals surface area (Å²) in [7, 11) is -2.60. The first kappa shape index (κ1) is 34.1. The number of nitrogens with one attached hydrogen (secondary N) is 1. The number of benzene rings is 3. The highest BCUT2D eigenvalue weighted by Gasteiger charge is 2.41. The van der Waals surface area contributed by atoms with Crippen molar-refractivity contribution in [2.24, 2.45) is 5.41 Å². The molecule has 11 nitrogen and oxygen atoms in total. The van der Waals surface area contributed by atoms with Crippen LogP contribution in [0.25, 0.3) is 11.0 Å². The number of esters is 1. The molecule has 12 heteroatoms. The van der Waals surface area contributed by atoms with E-state index in [0.29, 0.717) is 18.7 Å². The minimum absolute atomic E-state index is 0.126. The zero-order valence-corrected chi connectivity index (χ0v) is 28.8. The highest BCUT2D eigenvalue weighted by Crippen LogP contribution is 2.44.